The van der Waals surface area contributed by atoms with Gasteiger partial charge in [-0.25, -0.2) is 4.98 Å². The van der Waals surface area contributed by atoms with Crippen LogP contribution in [0.2, 0.25) is 0 Å². The van der Waals surface area contributed by atoms with E-state index in [4.69, 9.17) is 5.73 Å². The molecule has 15 heavy (non-hydrogen) atoms. The Labute approximate surface area is 101 Å². The third-order valence-electron chi connectivity index (χ3n) is 1.83. The molecule has 0 aromatic carbocycles. The largest absolute Gasteiger partial charge is 0.329 e. The normalized spacial score (nSPS) is 12.9. The molecule has 0 aliphatic rings. The summed E-state index contributed by atoms with van der Waals surface area (Å²) in [5.41, 5.74) is 5.76. The first-order valence-electron chi connectivity index (χ1n) is 4.50. The first kappa shape index (κ1) is 11.1. The van der Waals surface area contributed by atoms with Gasteiger partial charge < -0.3 is 5.73 Å². The smallest absolute Gasteiger partial charge is 0.170 e. The molecule has 0 saturated carbocycles. The molecule has 2 aromatic heterocycles. The lowest BCUT2D eigenvalue weighted by molar-refractivity contribution is 0.956. The average molecular weight is 257 g/mol. The third kappa shape index (κ3) is 2.78. The van der Waals surface area contributed by atoms with Gasteiger partial charge in [0.15, 0.2) is 4.34 Å². The zero-order valence-electron chi connectivity index (χ0n) is 8.21. The number of thiophene rings is 1. The molecule has 1 unspecified atom stereocenters. The molecular weight excluding hydrogens is 246 g/mol. The third-order valence-corrected chi connectivity index (χ3v) is 5.10. The van der Waals surface area contributed by atoms with Gasteiger partial charge >= 0.3 is 0 Å². The van der Waals surface area contributed by atoms with Crippen LogP contribution in [0.4, 0.5) is 0 Å². The van der Waals surface area contributed by atoms with Gasteiger partial charge in [-0.1, -0.05) is 17.8 Å². The average Bonchev–Trinajstić information content (AvgIpc) is 2.85. The van der Waals surface area contributed by atoms with Crippen molar-refractivity contribution in [2.45, 2.75) is 16.5 Å². The minimum atomic E-state index is 0.303. The number of aromatic nitrogens is 2. The summed E-state index contributed by atoms with van der Waals surface area (Å²) in [6.45, 7) is 2.53. The van der Waals surface area contributed by atoms with Crippen LogP contribution < -0.4 is 5.73 Å². The van der Waals surface area contributed by atoms with E-state index in [0.29, 0.717) is 11.8 Å². The fourth-order valence-electron chi connectivity index (χ4n) is 1.14. The Kier molecular flexibility index (Phi) is 3.74. The highest BCUT2D eigenvalue weighted by Crippen LogP contribution is 2.37. The van der Waals surface area contributed by atoms with E-state index in [1.54, 1.807) is 23.1 Å². The molecule has 0 bridgehead atoms. The van der Waals surface area contributed by atoms with Gasteiger partial charge in [0.1, 0.15) is 5.82 Å². The van der Waals surface area contributed by atoms with Crippen molar-refractivity contribution in [3.8, 4) is 0 Å². The summed E-state index contributed by atoms with van der Waals surface area (Å²) in [4.78, 5) is 5.63. The number of nitrogens with zero attached hydrogens (tertiary/aromatic N) is 2. The number of hydrogen-bond donors (Lipinski definition) is 1. The van der Waals surface area contributed by atoms with Gasteiger partial charge in [-0.15, -0.1) is 11.3 Å². The van der Waals surface area contributed by atoms with E-state index < -0.39 is 0 Å². The molecule has 0 aliphatic heterocycles. The van der Waals surface area contributed by atoms with Crippen LogP contribution in [0.3, 0.4) is 0 Å². The molecule has 2 rings (SSSR count). The quantitative estimate of drug-likeness (QED) is 0.856. The molecule has 2 aromatic rings. The number of rotatable bonds is 4. The van der Waals surface area contributed by atoms with Crippen molar-refractivity contribution in [1.82, 2.24) is 9.36 Å². The van der Waals surface area contributed by atoms with E-state index in [-0.39, 0.29) is 0 Å². The van der Waals surface area contributed by atoms with Crippen molar-refractivity contribution in [2.24, 2.45) is 5.73 Å². The van der Waals surface area contributed by atoms with E-state index in [1.807, 2.05) is 6.92 Å². The molecule has 0 saturated heterocycles. The van der Waals surface area contributed by atoms with Crippen molar-refractivity contribution >= 4 is 34.6 Å². The second-order valence-electron chi connectivity index (χ2n) is 2.97. The van der Waals surface area contributed by atoms with Crippen molar-refractivity contribution in [1.29, 1.82) is 0 Å². The Bertz CT molecular complexity index is 410. The molecule has 0 aliphatic carbocycles. The molecule has 0 fully saturated rings. The highest BCUT2D eigenvalue weighted by molar-refractivity contribution is 8.01. The Morgan fingerprint density at radius 3 is 3.00 bits per heavy atom. The maximum atomic E-state index is 5.76. The van der Waals surface area contributed by atoms with Crippen LogP contribution >= 0.6 is 34.6 Å². The molecule has 0 radical (unpaired) electrons. The minimum absolute atomic E-state index is 0.303. The van der Waals surface area contributed by atoms with Crippen molar-refractivity contribution in [3.63, 3.8) is 0 Å². The zero-order chi connectivity index (χ0) is 10.7. The van der Waals surface area contributed by atoms with Crippen LogP contribution in [0.1, 0.15) is 16.0 Å². The van der Waals surface area contributed by atoms with Crippen LogP contribution in [0, 0.1) is 6.92 Å². The van der Waals surface area contributed by atoms with Gasteiger partial charge in [0.05, 0.1) is 5.25 Å². The lowest BCUT2D eigenvalue weighted by Gasteiger charge is -2.09. The fourth-order valence-corrected chi connectivity index (χ4v) is 3.95. The zero-order valence-corrected chi connectivity index (χ0v) is 10.7. The predicted molar refractivity (Wildman–Crippen MR) is 66.6 cm³/mol. The SMILES string of the molecule is Cc1nsc(SC(CN)c2cccs2)n1. The van der Waals surface area contributed by atoms with E-state index in [2.05, 4.69) is 26.9 Å². The second-order valence-corrected chi connectivity index (χ2v) is 6.15. The van der Waals surface area contributed by atoms with Crippen LogP contribution in [0.5, 0.6) is 0 Å². The van der Waals surface area contributed by atoms with E-state index in [0.717, 1.165) is 10.2 Å². The van der Waals surface area contributed by atoms with Crippen LogP contribution in [-0.2, 0) is 0 Å². The number of nitrogens with two attached hydrogens (primary N) is 1. The molecule has 6 heteroatoms. The van der Waals surface area contributed by atoms with Gasteiger partial charge in [0, 0.05) is 11.4 Å². The van der Waals surface area contributed by atoms with Gasteiger partial charge in [-0.05, 0) is 29.9 Å². The Morgan fingerprint density at radius 2 is 2.47 bits per heavy atom. The molecular formula is C9H11N3S3. The maximum Gasteiger partial charge on any atom is 0.170 e. The summed E-state index contributed by atoms with van der Waals surface area (Å²) in [5.74, 6) is 0.837. The van der Waals surface area contributed by atoms with Crippen molar-refractivity contribution < 1.29 is 0 Å². The lowest BCUT2D eigenvalue weighted by Crippen LogP contribution is -2.07. The summed E-state index contributed by atoms with van der Waals surface area (Å²) in [5, 5.41) is 2.38. The molecule has 80 valence electrons. The maximum absolute atomic E-state index is 5.76. The molecule has 2 N–H and O–H groups in total. The summed E-state index contributed by atoms with van der Waals surface area (Å²) in [6, 6.07) is 4.16. The van der Waals surface area contributed by atoms with E-state index in [1.165, 1.54) is 16.4 Å². The van der Waals surface area contributed by atoms with E-state index >= 15 is 0 Å². The van der Waals surface area contributed by atoms with Gasteiger partial charge in [-0.3, -0.25) is 0 Å². The Morgan fingerprint density at radius 1 is 1.60 bits per heavy atom. The van der Waals surface area contributed by atoms with Crippen LogP contribution in [0.15, 0.2) is 21.9 Å². The molecule has 3 nitrogen and oxygen atoms in total. The topological polar surface area (TPSA) is 51.8 Å². The van der Waals surface area contributed by atoms with Gasteiger partial charge in [0.25, 0.3) is 0 Å². The number of hydrogen-bond acceptors (Lipinski definition) is 6. The summed E-state index contributed by atoms with van der Waals surface area (Å²) in [7, 11) is 0. The standard InChI is InChI=1S/C9H11N3S3/c1-6-11-9(15-12-6)14-8(5-10)7-3-2-4-13-7/h2-4,8H,5,10H2,1H3. The Hall–Kier alpha value is -0.430. The summed E-state index contributed by atoms with van der Waals surface area (Å²) < 4.78 is 5.15. The predicted octanol–water partition coefficient (Wildman–Crippen LogP) is 2.70. The van der Waals surface area contributed by atoms with Crippen molar-refractivity contribution in [3.05, 3.63) is 28.2 Å². The van der Waals surface area contributed by atoms with Crippen molar-refractivity contribution in [2.75, 3.05) is 6.54 Å². The summed E-state index contributed by atoms with van der Waals surface area (Å²) >= 11 is 4.88. The number of aryl methyl sites for hydroxylation is 1. The van der Waals surface area contributed by atoms with Crippen LogP contribution in [-0.4, -0.2) is 15.9 Å². The first-order chi connectivity index (χ1) is 7.29. The molecule has 0 spiro atoms. The Balaban J connectivity index is 2.09. The van der Waals surface area contributed by atoms with Crippen LogP contribution in [0.25, 0.3) is 0 Å². The van der Waals surface area contributed by atoms with E-state index in [9.17, 15) is 0 Å². The fraction of sp³-hybridized carbons (Fsp3) is 0.333. The number of thioether (sulfide) groups is 1. The van der Waals surface area contributed by atoms with Gasteiger partial charge in [0.2, 0.25) is 0 Å². The minimum Gasteiger partial charge on any atom is -0.329 e. The monoisotopic (exact) mass is 257 g/mol. The molecule has 0 amide bonds. The first-order valence-corrected chi connectivity index (χ1v) is 7.03. The molecule has 2 heterocycles. The molecule has 1 atom stereocenters. The highest BCUT2D eigenvalue weighted by atomic mass is 32.2. The lowest BCUT2D eigenvalue weighted by atomic mass is 10.3. The second kappa shape index (κ2) is 5.07. The van der Waals surface area contributed by atoms with Gasteiger partial charge in [-0.2, -0.15) is 4.37 Å². The summed E-state index contributed by atoms with van der Waals surface area (Å²) in [6.07, 6.45) is 0. The highest BCUT2D eigenvalue weighted by Gasteiger charge is 2.14.